The van der Waals surface area contributed by atoms with Gasteiger partial charge in [0.1, 0.15) is 11.6 Å². The number of carbonyl (C=O) groups is 1. The van der Waals surface area contributed by atoms with E-state index < -0.39 is 5.82 Å². The van der Waals surface area contributed by atoms with Gasteiger partial charge in [0.15, 0.2) is 5.82 Å². The molecule has 150 valence electrons. The van der Waals surface area contributed by atoms with Crippen LogP contribution in [0, 0.1) is 5.82 Å². The SMILES string of the molecule is CNc1nc(-c2cccnc2)nc2ccc(-c3ccc(C(=O)N(C)C)cc3F)cc12. The Morgan fingerprint density at radius 2 is 1.87 bits per heavy atom. The second-order valence-electron chi connectivity index (χ2n) is 7.01. The zero-order valence-electron chi connectivity index (χ0n) is 16.8. The van der Waals surface area contributed by atoms with E-state index in [1.54, 1.807) is 45.7 Å². The van der Waals surface area contributed by atoms with Crippen molar-refractivity contribution in [3.63, 3.8) is 0 Å². The highest BCUT2D eigenvalue weighted by Crippen LogP contribution is 2.31. The summed E-state index contributed by atoms with van der Waals surface area (Å²) in [6.45, 7) is 0. The molecule has 1 N–H and O–H groups in total. The van der Waals surface area contributed by atoms with Crippen LogP contribution in [-0.4, -0.2) is 46.9 Å². The Balaban J connectivity index is 1.80. The molecule has 0 atom stereocenters. The summed E-state index contributed by atoms with van der Waals surface area (Å²) in [6.07, 6.45) is 3.41. The molecule has 0 saturated heterocycles. The van der Waals surface area contributed by atoms with Crippen LogP contribution < -0.4 is 5.32 Å². The molecule has 1 amide bonds. The first kappa shape index (κ1) is 19.4. The number of amides is 1. The molecule has 0 bridgehead atoms. The van der Waals surface area contributed by atoms with Crippen molar-refractivity contribution in [3.8, 4) is 22.5 Å². The molecule has 0 aliphatic carbocycles. The fraction of sp³-hybridized carbons (Fsp3) is 0.130. The number of nitrogens with zero attached hydrogens (tertiary/aromatic N) is 4. The first-order valence-corrected chi connectivity index (χ1v) is 9.39. The van der Waals surface area contributed by atoms with Crippen molar-refractivity contribution in [1.29, 1.82) is 0 Å². The minimum absolute atomic E-state index is 0.243. The molecule has 4 rings (SSSR count). The van der Waals surface area contributed by atoms with Crippen LogP contribution in [0.25, 0.3) is 33.4 Å². The van der Waals surface area contributed by atoms with Crippen molar-refractivity contribution in [2.24, 2.45) is 0 Å². The van der Waals surface area contributed by atoms with E-state index in [-0.39, 0.29) is 5.91 Å². The van der Waals surface area contributed by atoms with E-state index in [0.29, 0.717) is 28.3 Å². The smallest absolute Gasteiger partial charge is 0.253 e. The number of anilines is 1. The van der Waals surface area contributed by atoms with Crippen molar-refractivity contribution in [2.45, 2.75) is 0 Å². The molecule has 0 aliphatic heterocycles. The maximum atomic E-state index is 14.8. The number of hydrogen-bond donors (Lipinski definition) is 1. The van der Waals surface area contributed by atoms with Crippen LogP contribution in [0.5, 0.6) is 0 Å². The van der Waals surface area contributed by atoms with Gasteiger partial charge in [0.2, 0.25) is 0 Å². The molecule has 0 fully saturated rings. The molecule has 0 radical (unpaired) electrons. The number of halogens is 1. The standard InChI is InChI=1S/C23H20FN5O/c1-25-22-18-11-14(17-8-6-15(12-19(17)24)23(30)29(2)3)7-9-20(18)27-21(28-22)16-5-4-10-26-13-16/h4-13H,1-3H3,(H,25,27,28). The van der Waals surface area contributed by atoms with E-state index >= 15 is 0 Å². The third-order valence-electron chi connectivity index (χ3n) is 4.79. The molecule has 30 heavy (non-hydrogen) atoms. The van der Waals surface area contributed by atoms with Gasteiger partial charge in [0.25, 0.3) is 5.91 Å². The predicted molar refractivity (Wildman–Crippen MR) is 116 cm³/mol. The Hall–Kier alpha value is -3.87. The number of aromatic nitrogens is 3. The summed E-state index contributed by atoms with van der Waals surface area (Å²) < 4.78 is 14.8. The second kappa shape index (κ2) is 7.87. The largest absolute Gasteiger partial charge is 0.373 e. The molecule has 0 spiro atoms. The monoisotopic (exact) mass is 401 g/mol. The Kier molecular flexibility index (Phi) is 5.10. The Morgan fingerprint density at radius 3 is 2.53 bits per heavy atom. The molecular weight excluding hydrogens is 381 g/mol. The van der Waals surface area contributed by atoms with E-state index in [9.17, 15) is 9.18 Å². The topological polar surface area (TPSA) is 71.0 Å². The highest BCUT2D eigenvalue weighted by atomic mass is 19.1. The number of hydrogen-bond acceptors (Lipinski definition) is 5. The molecule has 0 aliphatic rings. The lowest BCUT2D eigenvalue weighted by atomic mass is 10.0. The Labute approximate surface area is 173 Å². The van der Waals surface area contributed by atoms with E-state index in [4.69, 9.17) is 0 Å². The third-order valence-corrected chi connectivity index (χ3v) is 4.79. The average molecular weight is 401 g/mol. The van der Waals surface area contributed by atoms with Crippen molar-refractivity contribution in [2.75, 3.05) is 26.5 Å². The summed E-state index contributed by atoms with van der Waals surface area (Å²) in [7, 11) is 5.05. The van der Waals surface area contributed by atoms with E-state index in [1.165, 1.54) is 11.0 Å². The molecule has 2 aromatic carbocycles. The number of carbonyl (C=O) groups excluding carboxylic acids is 1. The maximum absolute atomic E-state index is 14.8. The van der Waals surface area contributed by atoms with Crippen LogP contribution in [0.15, 0.2) is 60.9 Å². The van der Waals surface area contributed by atoms with Crippen LogP contribution in [0.2, 0.25) is 0 Å². The minimum Gasteiger partial charge on any atom is -0.373 e. The third kappa shape index (κ3) is 3.57. The number of pyridine rings is 1. The predicted octanol–water partition coefficient (Wildman–Crippen LogP) is 4.24. The summed E-state index contributed by atoms with van der Waals surface area (Å²) in [5.41, 5.74) is 2.94. The summed E-state index contributed by atoms with van der Waals surface area (Å²) in [4.78, 5) is 26.9. The lowest BCUT2D eigenvalue weighted by molar-refractivity contribution is 0.0827. The molecule has 0 saturated carbocycles. The van der Waals surface area contributed by atoms with Crippen molar-refractivity contribution < 1.29 is 9.18 Å². The zero-order valence-corrected chi connectivity index (χ0v) is 16.8. The van der Waals surface area contributed by atoms with E-state index in [1.807, 2.05) is 30.3 Å². The molecule has 4 aromatic rings. The van der Waals surface area contributed by atoms with E-state index in [2.05, 4.69) is 20.3 Å². The molecular formula is C23H20FN5O. The lowest BCUT2D eigenvalue weighted by Gasteiger charge is -2.13. The van der Waals surface area contributed by atoms with Crippen molar-refractivity contribution in [1.82, 2.24) is 19.9 Å². The van der Waals surface area contributed by atoms with Gasteiger partial charge >= 0.3 is 0 Å². The van der Waals surface area contributed by atoms with Gasteiger partial charge in [-0.1, -0.05) is 12.1 Å². The molecule has 2 aromatic heterocycles. The Bertz CT molecular complexity index is 1240. The van der Waals surface area contributed by atoms with Gasteiger partial charge in [-0.2, -0.15) is 0 Å². The van der Waals surface area contributed by atoms with E-state index in [0.717, 1.165) is 16.5 Å². The van der Waals surface area contributed by atoms with Gasteiger partial charge in [-0.3, -0.25) is 9.78 Å². The van der Waals surface area contributed by atoms with Gasteiger partial charge in [0, 0.05) is 55.6 Å². The first-order chi connectivity index (χ1) is 14.5. The van der Waals surface area contributed by atoms with Crippen LogP contribution in [0.4, 0.5) is 10.2 Å². The Morgan fingerprint density at radius 1 is 1.03 bits per heavy atom. The molecule has 7 heteroatoms. The highest BCUT2D eigenvalue weighted by Gasteiger charge is 2.15. The van der Waals surface area contributed by atoms with Gasteiger partial charge in [-0.15, -0.1) is 0 Å². The van der Waals surface area contributed by atoms with Crippen molar-refractivity contribution >= 4 is 22.6 Å². The van der Waals surface area contributed by atoms with Gasteiger partial charge in [0.05, 0.1) is 5.52 Å². The van der Waals surface area contributed by atoms with Crippen LogP contribution in [0.1, 0.15) is 10.4 Å². The summed E-state index contributed by atoms with van der Waals surface area (Å²) in [5.74, 6) is 0.500. The van der Waals surface area contributed by atoms with Crippen LogP contribution in [0.3, 0.4) is 0 Å². The fourth-order valence-electron chi connectivity index (χ4n) is 3.25. The molecule has 6 nitrogen and oxygen atoms in total. The second-order valence-corrected chi connectivity index (χ2v) is 7.01. The zero-order chi connectivity index (χ0) is 21.3. The number of rotatable bonds is 4. The van der Waals surface area contributed by atoms with Crippen LogP contribution >= 0.6 is 0 Å². The fourth-order valence-corrected chi connectivity index (χ4v) is 3.25. The first-order valence-electron chi connectivity index (χ1n) is 9.39. The number of nitrogens with one attached hydrogen (secondary N) is 1. The van der Waals surface area contributed by atoms with Gasteiger partial charge < -0.3 is 10.2 Å². The average Bonchev–Trinajstić information content (AvgIpc) is 2.77. The van der Waals surface area contributed by atoms with Gasteiger partial charge in [-0.05, 0) is 42.0 Å². The quantitative estimate of drug-likeness (QED) is 0.554. The van der Waals surface area contributed by atoms with Gasteiger partial charge in [-0.25, -0.2) is 14.4 Å². The lowest BCUT2D eigenvalue weighted by Crippen LogP contribution is -2.21. The molecule has 2 heterocycles. The number of fused-ring (bicyclic) bond motifs is 1. The summed E-state index contributed by atoms with van der Waals surface area (Å²) in [5, 5.41) is 3.87. The number of benzene rings is 2. The minimum atomic E-state index is -0.457. The maximum Gasteiger partial charge on any atom is 0.253 e. The van der Waals surface area contributed by atoms with Crippen LogP contribution in [-0.2, 0) is 0 Å². The summed E-state index contributed by atoms with van der Waals surface area (Å²) in [6, 6.07) is 13.7. The normalized spacial score (nSPS) is 10.8. The molecule has 0 unspecified atom stereocenters. The summed E-state index contributed by atoms with van der Waals surface area (Å²) >= 11 is 0. The van der Waals surface area contributed by atoms with Crippen molar-refractivity contribution in [3.05, 3.63) is 72.3 Å². The highest BCUT2D eigenvalue weighted by molar-refractivity contribution is 5.96.